The van der Waals surface area contributed by atoms with E-state index in [1.54, 1.807) is 0 Å². The molecule has 9 heteroatoms. The van der Waals surface area contributed by atoms with Crippen molar-refractivity contribution in [3.63, 3.8) is 0 Å². The second-order valence-corrected chi connectivity index (χ2v) is 8.69. The molecular formula is C18H28N4O4S. The highest BCUT2D eigenvalue weighted by Crippen LogP contribution is 2.51. The maximum absolute atomic E-state index is 12.6. The minimum Gasteiger partial charge on any atom is -0.354 e. The van der Waals surface area contributed by atoms with Crippen LogP contribution in [0.3, 0.4) is 0 Å². The Morgan fingerprint density at radius 3 is 2.59 bits per heavy atom. The monoisotopic (exact) mass is 396 g/mol. The normalized spacial score (nSPS) is 30.1. The van der Waals surface area contributed by atoms with Gasteiger partial charge < -0.3 is 20.9 Å². The molecule has 0 aromatic carbocycles. The second-order valence-electron chi connectivity index (χ2n) is 7.66. The van der Waals surface area contributed by atoms with E-state index in [1.807, 2.05) is 11.8 Å². The molecule has 150 valence electrons. The van der Waals surface area contributed by atoms with Crippen molar-refractivity contribution >= 4 is 35.4 Å². The molecule has 8 nitrogen and oxygen atoms in total. The van der Waals surface area contributed by atoms with E-state index in [4.69, 9.17) is 0 Å². The van der Waals surface area contributed by atoms with Crippen molar-refractivity contribution in [1.29, 1.82) is 0 Å². The van der Waals surface area contributed by atoms with Gasteiger partial charge in [0.25, 0.3) is 0 Å². The molecule has 2 heterocycles. The van der Waals surface area contributed by atoms with Gasteiger partial charge in [0.15, 0.2) is 0 Å². The zero-order valence-corrected chi connectivity index (χ0v) is 16.6. The number of hydrogen-bond acceptors (Lipinski definition) is 5. The van der Waals surface area contributed by atoms with Crippen molar-refractivity contribution in [1.82, 2.24) is 20.9 Å². The molecule has 3 aliphatic rings. The Morgan fingerprint density at radius 2 is 2.00 bits per heavy atom. The number of rotatable bonds is 7. The Hall–Kier alpha value is -1.77. The van der Waals surface area contributed by atoms with E-state index in [-0.39, 0.29) is 23.6 Å². The van der Waals surface area contributed by atoms with Gasteiger partial charge in [-0.1, -0.05) is 13.3 Å². The number of carbonyl (C=O) groups excluding carboxylic acids is 4. The quantitative estimate of drug-likeness (QED) is 0.530. The lowest BCUT2D eigenvalue weighted by Gasteiger charge is -2.26. The fourth-order valence-electron chi connectivity index (χ4n) is 4.17. The fraction of sp³-hybridized carbons (Fsp3) is 0.778. The van der Waals surface area contributed by atoms with E-state index in [2.05, 4.69) is 16.0 Å². The smallest absolute Gasteiger partial charge is 0.245 e. The second kappa shape index (κ2) is 8.50. The van der Waals surface area contributed by atoms with Gasteiger partial charge in [-0.2, -0.15) is 0 Å². The lowest BCUT2D eigenvalue weighted by atomic mass is 10.1. The van der Waals surface area contributed by atoms with Gasteiger partial charge in [-0.25, -0.2) is 0 Å². The molecule has 0 aromatic heterocycles. The maximum Gasteiger partial charge on any atom is 0.245 e. The molecule has 1 aliphatic carbocycles. The van der Waals surface area contributed by atoms with Crippen LogP contribution in [0, 0.1) is 17.8 Å². The molecule has 0 spiro atoms. The van der Waals surface area contributed by atoms with E-state index in [1.165, 1.54) is 18.7 Å². The first-order valence-corrected chi connectivity index (χ1v) is 10.8. The molecule has 1 saturated carbocycles. The third-order valence-corrected chi connectivity index (χ3v) is 6.65. The Bertz CT molecular complexity index is 616. The molecule has 4 atom stereocenters. The van der Waals surface area contributed by atoms with Crippen LogP contribution in [0.4, 0.5) is 0 Å². The van der Waals surface area contributed by atoms with Gasteiger partial charge >= 0.3 is 0 Å². The molecule has 2 aliphatic heterocycles. The molecule has 4 amide bonds. The van der Waals surface area contributed by atoms with Gasteiger partial charge in [0.2, 0.25) is 23.6 Å². The molecule has 0 bridgehead atoms. The number of amides is 4. The molecule has 3 N–H and O–H groups in total. The van der Waals surface area contributed by atoms with Crippen LogP contribution in [0.1, 0.15) is 26.7 Å². The summed E-state index contributed by atoms with van der Waals surface area (Å²) in [5.74, 6) is 1.87. The van der Waals surface area contributed by atoms with Crippen LogP contribution in [0.2, 0.25) is 0 Å². The summed E-state index contributed by atoms with van der Waals surface area (Å²) in [6.45, 7) is 5.41. The summed E-state index contributed by atoms with van der Waals surface area (Å²) in [6.07, 6.45) is 1.48. The highest BCUT2D eigenvalue weighted by atomic mass is 32.2. The average Bonchev–Trinajstić information content (AvgIpc) is 3.07. The number of carbonyl (C=O) groups is 4. The number of thioether (sulfide) groups is 1. The largest absolute Gasteiger partial charge is 0.354 e. The number of nitrogens with zero attached hydrogens (tertiary/aromatic N) is 1. The maximum atomic E-state index is 12.6. The number of likely N-dealkylation sites (tertiary alicyclic amines) is 1. The van der Waals surface area contributed by atoms with Gasteiger partial charge in [-0.3, -0.25) is 19.2 Å². The van der Waals surface area contributed by atoms with Crippen molar-refractivity contribution in [2.45, 2.75) is 38.8 Å². The van der Waals surface area contributed by atoms with E-state index >= 15 is 0 Å². The third-order valence-electron chi connectivity index (χ3n) is 5.62. The van der Waals surface area contributed by atoms with Crippen LogP contribution in [-0.2, 0) is 19.2 Å². The van der Waals surface area contributed by atoms with E-state index in [9.17, 15) is 19.2 Å². The van der Waals surface area contributed by atoms with Crippen LogP contribution < -0.4 is 16.0 Å². The highest BCUT2D eigenvalue weighted by molar-refractivity contribution is 8.00. The molecule has 0 radical (unpaired) electrons. The zero-order valence-electron chi connectivity index (χ0n) is 15.8. The van der Waals surface area contributed by atoms with Gasteiger partial charge in [-0.15, -0.1) is 11.8 Å². The van der Waals surface area contributed by atoms with Crippen molar-refractivity contribution in [2.24, 2.45) is 17.8 Å². The molecule has 3 fully saturated rings. The molecule has 3 rings (SSSR count). The standard InChI is InChI=1S/C18H28N4O4S/c1-3-4-14(20-10(2)23)18(26)22-6-12-11(13(12)7-22)5-19-17(25)15-8-27-9-16(24)21-15/h11-15H,3-9H2,1-2H3,(H,19,25)(H,20,23)(H,21,24)/t11?,12?,13?,14?,15-/m0/s1. The van der Waals surface area contributed by atoms with Crippen LogP contribution >= 0.6 is 11.8 Å². The number of piperidine rings is 1. The molecule has 3 unspecified atom stereocenters. The Labute approximate surface area is 163 Å². The van der Waals surface area contributed by atoms with Crippen LogP contribution in [0.5, 0.6) is 0 Å². The number of fused-ring (bicyclic) bond motifs is 1. The molecular weight excluding hydrogens is 368 g/mol. The summed E-state index contributed by atoms with van der Waals surface area (Å²) >= 11 is 1.47. The van der Waals surface area contributed by atoms with Crippen LogP contribution in [0.25, 0.3) is 0 Å². The van der Waals surface area contributed by atoms with E-state index in [0.29, 0.717) is 55.3 Å². The Morgan fingerprint density at radius 1 is 1.30 bits per heavy atom. The van der Waals surface area contributed by atoms with E-state index < -0.39 is 12.1 Å². The molecule has 2 saturated heterocycles. The predicted octanol–water partition coefficient (Wildman–Crippen LogP) is -0.657. The topological polar surface area (TPSA) is 108 Å². The van der Waals surface area contributed by atoms with Crippen molar-refractivity contribution < 1.29 is 19.2 Å². The number of nitrogens with one attached hydrogen (secondary N) is 3. The molecule has 0 aromatic rings. The predicted molar refractivity (Wildman–Crippen MR) is 102 cm³/mol. The fourth-order valence-corrected chi connectivity index (χ4v) is 5.03. The summed E-state index contributed by atoms with van der Waals surface area (Å²) < 4.78 is 0. The van der Waals surface area contributed by atoms with Gasteiger partial charge in [0, 0.05) is 32.3 Å². The van der Waals surface area contributed by atoms with E-state index in [0.717, 1.165) is 6.42 Å². The minimum atomic E-state index is -0.444. The van der Waals surface area contributed by atoms with Crippen molar-refractivity contribution in [3.8, 4) is 0 Å². The first kappa shape index (κ1) is 20.0. The summed E-state index contributed by atoms with van der Waals surface area (Å²) in [4.78, 5) is 49.4. The number of hydrogen-bond donors (Lipinski definition) is 3. The summed E-state index contributed by atoms with van der Waals surface area (Å²) in [5, 5.41) is 8.42. The first-order valence-electron chi connectivity index (χ1n) is 9.61. The lowest BCUT2D eigenvalue weighted by molar-refractivity contribution is -0.136. The lowest BCUT2D eigenvalue weighted by Crippen LogP contribution is -2.52. The summed E-state index contributed by atoms with van der Waals surface area (Å²) in [6, 6.07) is -0.879. The highest BCUT2D eigenvalue weighted by Gasteiger charge is 2.56. The van der Waals surface area contributed by atoms with Gasteiger partial charge in [0.05, 0.1) is 5.75 Å². The van der Waals surface area contributed by atoms with Crippen LogP contribution in [-0.4, -0.2) is 71.8 Å². The summed E-state index contributed by atoms with van der Waals surface area (Å²) in [7, 11) is 0. The Balaban J connectivity index is 1.41. The first-order chi connectivity index (χ1) is 12.9. The van der Waals surface area contributed by atoms with Gasteiger partial charge in [0.1, 0.15) is 12.1 Å². The van der Waals surface area contributed by atoms with Crippen molar-refractivity contribution in [2.75, 3.05) is 31.1 Å². The summed E-state index contributed by atoms with van der Waals surface area (Å²) in [5.41, 5.74) is 0. The van der Waals surface area contributed by atoms with Crippen LogP contribution in [0.15, 0.2) is 0 Å². The Kier molecular flexibility index (Phi) is 6.29. The average molecular weight is 397 g/mol. The molecule has 27 heavy (non-hydrogen) atoms. The minimum absolute atomic E-state index is 0.00368. The van der Waals surface area contributed by atoms with Crippen molar-refractivity contribution in [3.05, 3.63) is 0 Å². The SMILES string of the molecule is CCCC(NC(C)=O)C(=O)N1CC2C(CNC(=O)[C@@H]3CSCC(=O)N3)C2C1. The van der Waals surface area contributed by atoms with Gasteiger partial charge in [-0.05, 0) is 24.2 Å². The third kappa shape index (κ3) is 4.75. The zero-order chi connectivity index (χ0) is 19.6.